The Morgan fingerprint density at radius 2 is 0.890 bits per heavy atom. The van der Waals surface area contributed by atoms with Crippen molar-refractivity contribution in [1.29, 1.82) is 0 Å². The van der Waals surface area contributed by atoms with Crippen LogP contribution in [-0.4, -0.2) is 167 Å². The lowest BCUT2D eigenvalue weighted by atomic mass is 9.93. The number of hydrogen-bond donors (Lipinski definition) is 2. The van der Waals surface area contributed by atoms with Gasteiger partial charge in [0.05, 0.1) is 104 Å². The highest BCUT2D eigenvalue weighted by Gasteiger charge is 2.31. The van der Waals surface area contributed by atoms with Crippen LogP contribution in [0, 0.1) is 41.5 Å². The third kappa shape index (κ3) is 17.0. The molecule has 29 nitrogen and oxygen atoms in total. The molecule has 11 aromatic heterocycles. The number of carbonyl (C=O) groups excluding carboxylic acids is 4. The highest BCUT2D eigenvalue weighted by atomic mass is 16.6. The normalized spacial score (nSPS) is 14.9. The minimum Gasteiger partial charge on any atom is -0.444 e. The number of piperidine rings is 3. The second-order valence-electron chi connectivity index (χ2n) is 27.7. The van der Waals surface area contributed by atoms with Crippen LogP contribution in [0.4, 0.5) is 15.4 Å². The molecule has 0 saturated carbocycles. The third-order valence-corrected chi connectivity index (χ3v) is 17.2. The number of Topliss-reactive ketones (excluding diaryl/α,β-unsaturated/α-hetero) is 2. The second-order valence-corrected chi connectivity index (χ2v) is 27.7. The van der Waals surface area contributed by atoms with Crippen molar-refractivity contribution in [2.24, 2.45) is 0 Å². The van der Waals surface area contributed by atoms with Gasteiger partial charge in [-0.25, -0.2) is 33.1 Å². The number of nitrogens with zero attached hydrogens (tertiary/aromatic N) is 19. The number of nitrogens with two attached hydrogens (primary N) is 1. The van der Waals surface area contributed by atoms with Gasteiger partial charge < -0.3 is 30.3 Å². The molecule has 14 rings (SSSR count). The Morgan fingerprint density at radius 3 is 1.30 bits per heavy atom. The number of rotatable bonds is 8. The van der Waals surface area contributed by atoms with Gasteiger partial charge in [0, 0.05) is 56.1 Å². The summed E-state index contributed by atoms with van der Waals surface area (Å²) < 4.78 is 18.8. The molecule has 0 atom stereocenters. The van der Waals surface area contributed by atoms with Gasteiger partial charge in [-0.15, -0.1) is 5.10 Å². The summed E-state index contributed by atoms with van der Waals surface area (Å²) >= 11 is 0. The van der Waals surface area contributed by atoms with E-state index in [9.17, 15) is 28.8 Å². The monoisotopic (exact) mass is 1360 g/mol. The van der Waals surface area contributed by atoms with Crippen molar-refractivity contribution in [3.8, 4) is 22.8 Å². The molecule has 14 heterocycles. The predicted octanol–water partition coefficient (Wildman–Crippen LogP) is 9.09. The number of anilines is 1. The Bertz CT molecular complexity index is 5000. The van der Waals surface area contributed by atoms with Crippen LogP contribution in [0.5, 0.6) is 0 Å². The van der Waals surface area contributed by atoms with Crippen molar-refractivity contribution in [1.82, 2.24) is 98.3 Å². The van der Waals surface area contributed by atoms with Gasteiger partial charge in [0.25, 0.3) is 11.1 Å². The van der Waals surface area contributed by atoms with Gasteiger partial charge in [0.1, 0.15) is 39.9 Å². The van der Waals surface area contributed by atoms with Crippen molar-refractivity contribution in [3.05, 3.63) is 163 Å². The molecule has 0 aromatic carbocycles. The summed E-state index contributed by atoms with van der Waals surface area (Å²) in [6, 6.07) is 19.7. The summed E-state index contributed by atoms with van der Waals surface area (Å²) in [5.41, 5.74) is 18.2. The van der Waals surface area contributed by atoms with Gasteiger partial charge in [0.2, 0.25) is 0 Å². The van der Waals surface area contributed by atoms with E-state index >= 15 is 0 Å². The van der Waals surface area contributed by atoms with Crippen LogP contribution in [0.1, 0.15) is 173 Å². The number of ether oxygens (including phenoxy) is 2. The molecule has 100 heavy (non-hydrogen) atoms. The van der Waals surface area contributed by atoms with Gasteiger partial charge >= 0.3 is 12.2 Å². The van der Waals surface area contributed by atoms with Gasteiger partial charge in [-0.3, -0.25) is 34.1 Å². The number of fused-ring (bicyclic) bond motifs is 5. The van der Waals surface area contributed by atoms with E-state index in [1.165, 1.54) is 28.1 Å². The molecule has 2 amide bonds. The summed E-state index contributed by atoms with van der Waals surface area (Å²) in [4.78, 5) is 98.6. The van der Waals surface area contributed by atoms with E-state index in [4.69, 9.17) is 15.2 Å². The Morgan fingerprint density at radius 1 is 0.490 bits per heavy atom. The van der Waals surface area contributed by atoms with Gasteiger partial charge in [-0.2, -0.15) is 39.6 Å². The molecular formula is C71H85N21O8. The molecule has 11 aromatic rings. The number of carbonyl (C=O) groups is 4. The van der Waals surface area contributed by atoms with E-state index in [-0.39, 0.29) is 47.2 Å². The smallest absolute Gasteiger partial charge is 0.410 e. The second kappa shape index (κ2) is 29.3. The Hall–Kier alpha value is -10.8. The number of likely N-dealkylation sites (tertiary alicyclic amines) is 2. The molecule has 0 unspecified atom stereocenters. The van der Waals surface area contributed by atoms with Crippen LogP contribution in [-0.2, 0) is 14.3 Å². The summed E-state index contributed by atoms with van der Waals surface area (Å²) in [7, 11) is 0. The number of aromatic nitrogens is 17. The zero-order valence-electron chi connectivity index (χ0n) is 58.8. The maximum absolute atomic E-state index is 13.0. The molecule has 0 bridgehead atoms. The average Bonchev–Trinajstić information content (AvgIpc) is 1.49. The average molecular weight is 1360 g/mol. The Kier molecular flexibility index (Phi) is 20.7. The third-order valence-electron chi connectivity index (χ3n) is 17.2. The molecule has 3 N–H and O–H groups in total. The zero-order chi connectivity index (χ0) is 71.5. The number of nitrogen functional groups attached to an aromatic ring is 1. The van der Waals surface area contributed by atoms with E-state index in [0.717, 1.165) is 119 Å². The van der Waals surface area contributed by atoms with E-state index in [2.05, 4.69) is 65.9 Å². The molecule has 3 saturated heterocycles. The first kappa shape index (κ1) is 70.5. The van der Waals surface area contributed by atoms with Crippen LogP contribution in [0.2, 0.25) is 0 Å². The molecule has 522 valence electrons. The van der Waals surface area contributed by atoms with Crippen LogP contribution >= 0.6 is 0 Å². The number of ketones is 2. The lowest BCUT2D eigenvalue weighted by Gasteiger charge is -2.33. The van der Waals surface area contributed by atoms with Crippen LogP contribution in [0.25, 0.3) is 50.6 Å². The van der Waals surface area contributed by atoms with Crippen LogP contribution in [0.15, 0.2) is 94.9 Å². The highest BCUT2D eigenvalue weighted by Crippen LogP contribution is 2.31. The molecule has 3 aliphatic rings. The number of hydrogen-bond acceptors (Lipinski definition) is 22. The molecule has 0 aliphatic carbocycles. The van der Waals surface area contributed by atoms with E-state index < -0.39 is 11.2 Å². The zero-order valence-corrected chi connectivity index (χ0v) is 58.8. The Labute approximate surface area is 576 Å². The molecule has 3 aliphatic heterocycles. The molecular weight excluding hydrogens is 1270 g/mol. The summed E-state index contributed by atoms with van der Waals surface area (Å²) in [6.45, 7) is 28.6. The maximum atomic E-state index is 13.0. The Balaban J connectivity index is 0.000000140. The minimum atomic E-state index is -0.515. The fraction of sp³-hybridized carbons (Fsp3) is 0.437. The predicted molar refractivity (Wildman–Crippen MR) is 374 cm³/mol. The van der Waals surface area contributed by atoms with Crippen molar-refractivity contribution >= 4 is 57.4 Å². The van der Waals surface area contributed by atoms with E-state index in [1.54, 1.807) is 41.7 Å². The van der Waals surface area contributed by atoms with Gasteiger partial charge in [-0.1, -0.05) is 0 Å². The van der Waals surface area contributed by atoms with Crippen molar-refractivity contribution < 1.29 is 28.7 Å². The SMILES string of the molecule is CC(=O)CC(=O)c1cc2c(C)nc(C)cn2n1.CC(C)(C)OC(=O)N1CCC(c2ccc(N)nn2)CC1.Cc1cn2nc(-c3cc(=O)n4nc(C5CCN(C(=O)OC(C)(C)C)CC5)ccc4n3)cc2c(C)n1.Cc1cn2nc(-c3cc(=O)n4nc(C5CCNCC5)ccc4n3)cc2c(C)n1. The summed E-state index contributed by atoms with van der Waals surface area (Å²) in [6.07, 6.45) is 10.2. The first-order chi connectivity index (χ1) is 47.5. The first-order valence-corrected chi connectivity index (χ1v) is 33.6. The summed E-state index contributed by atoms with van der Waals surface area (Å²) in [5, 5.41) is 33.9. The lowest BCUT2D eigenvalue weighted by Crippen LogP contribution is -2.41. The van der Waals surface area contributed by atoms with Gasteiger partial charge in [-0.05, 0) is 196 Å². The first-order valence-electron chi connectivity index (χ1n) is 33.6. The number of nitrogens with one attached hydrogen (secondary N) is 1. The molecule has 0 spiro atoms. The standard InChI is InChI=1S/C25H29N7O3.C20H21N7O.C14H22N4O2.C12H13N3O2/c1-15-14-31-21(16(2)26-15)12-20(28-31)19-13-23(33)32-22(27-19)7-6-18(29-32)17-8-10-30(11-9-17)24(34)35-25(3,4)5;1-12-11-26-18(13(2)22-12)9-17(24-26)16-10-20(28)27-19(23-16)4-3-15(25-27)14-5-7-21-8-6-14;1-14(2,3)20-13(19)18-8-6-10(7-9-18)11-4-5-12(15)17-16-11;1-7-6-15-11(9(3)13-7)5-10(14-15)12(17)4-8(2)16/h6-7,12-14,17H,8-11H2,1-5H3;3-4,9-11,14,21H,5-8H2,1-2H3;4-5,10H,6-9H2,1-3H3,(H2,15,17);5-6H,4H2,1-3H3. The van der Waals surface area contributed by atoms with Crippen molar-refractivity contribution in [2.75, 3.05) is 45.0 Å². The van der Waals surface area contributed by atoms with E-state index in [0.29, 0.717) is 83.6 Å². The van der Waals surface area contributed by atoms with E-state index in [1.807, 2.05) is 138 Å². The summed E-state index contributed by atoms with van der Waals surface area (Å²) in [5.74, 6) is 0.897. The largest absolute Gasteiger partial charge is 0.444 e. The fourth-order valence-corrected chi connectivity index (χ4v) is 12.4. The molecule has 3 fully saturated rings. The van der Waals surface area contributed by atoms with Crippen LogP contribution in [0.3, 0.4) is 0 Å². The van der Waals surface area contributed by atoms with Gasteiger partial charge in [0.15, 0.2) is 17.1 Å². The highest BCUT2D eigenvalue weighted by molar-refractivity contribution is 6.06. The molecule has 29 heteroatoms. The topological polar surface area (TPSA) is 342 Å². The lowest BCUT2D eigenvalue weighted by molar-refractivity contribution is -0.116. The fourth-order valence-electron chi connectivity index (χ4n) is 12.4. The van der Waals surface area contributed by atoms with Crippen LogP contribution < -0.4 is 22.2 Å². The maximum Gasteiger partial charge on any atom is 0.410 e. The van der Waals surface area contributed by atoms with Crippen molar-refractivity contribution in [2.45, 2.75) is 164 Å². The van der Waals surface area contributed by atoms with Crippen molar-refractivity contribution in [3.63, 3.8) is 0 Å². The quantitative estimate of drug-likeness (QED) is 0.106. The number of amides is 2. The minimum absolute atomic E-state index is 0.102. The molecule has 0 radical (unpaired) electrons. The number of aryl methyl sites for hydroxylation is 6.